The minimum atomic E-state index is -0.996. The molecule has 2 aromatic rings. The molecule has 0 bridgehead atoms. The van der Waals surface area contributed by atoms with E-state index < -0.39 is 5.97 Å². The Hall–Kier alpha value is -2.80. The first-order valence-electron chi connectivity index (χ1n) is 11.3. The summed E-state index contributed by atoms with van der Waals surface area (Å²) >= 11 is 0. The number of carboxylic acids is 1. The summed E-state index contributed by atoms with van der Waals surface area (Å²) in [5.74, 6) is -0.518. The van der Waals surface area contributed by atoms with Crippen LogP contribution in [-0.4, -0.2) is 62.6 Å². The third kappa shape index (κ3) is 5.47. The highest BCUT2D eigenvalue weighted by Crippen LogP contribution is 2.29. The van der Waals surface area contributed by atoms with Crippen molar-refractivity contribution in [3.05, 3.63) is 54.5 Å². The van der Waals surface area contributed by atoms with Crippen LogP contribution >= 0.6 is 0 Å². The van der Waals surface area contributed by atoms with E-state index in [1.54, 1.807) is 17.0 Å². The van der Waals surface area contributed by atoms with Crippen LogP contribution in [0.5, 0.6) is 0 Å². The quantitative estimate of drug-likeness (QED) is 0.690. The highest BCUT2D eigenvalue weighted by Gasteiger charge is 2.33. The molecule has 2 saturated heterocycles. The molecule has 2 fully saturated rings. The van der Waals surface area contributed by atoms with Crippen LogP contribution in [0, 0.1) is 11.8 Å². The molecule has 0 unspecified atom stereocenters. The number of anilines is 1. The Morgan fingerprint density at radius 1 is 1.03 bits per heavy atom. The molecule has 1 amide bonds. The summed E-state index contributed by atoms with van der Waals surface area (Å²) in [6.45, 7) is 6.34. The average molecular weight is 426 g/mol. The van der Waals surface area contributed by atoms with Gasteiger partial charge in [-0.15, -0.1) is 0 Å². The van der Waals surface area contributed by atoms with Gasteiger partial charge in [0.05, 0.1) is 39.0 Å². The summed E-state index contributed by atoms with van der Waals surface area (Å²) in [6.07, 6.45) is 3.19. The van der Waals surface area contributed by atoms with Crippen LogP contribution in [0.3, 0.4) is 0 Å². The number of nitrogens with zero attached hydrogens (tertiary/aromatic N) is 2. The maximum atomic E-state index is 12.7. The lowest BCUT2D eigenvalue weighted by atomic mass is 9.81. The number of furan rings is 1. The van der Waals surface area contributed by atoms with Crippen molar-refractivity contribution in [1.29, 1.82) is 0 Å². The summed E-state index contributed by atoms with van der Waals surface area (Å²) in [5, 5.41) is 11.3. The highest BCUT2D eigenvalue weighted by atomic mass is 16.4. The molecule has 1 aromatic carbocycles. The van der Waals surface area contributed by atoms with E-state index in [1.165, 1.54) is 12.0 Å². The number of hydrogen-bond acceptors (Lipinski definition) is 5. The van der Waals surface area contributed by atoms with Gasteiger partial charge in [-0.2, -0.15) is 0 Å². The fourth-order valence-electron chi connectivity index (χ4n) is 4.99. The fraction of sp³-hybridized carbons (Fsp3) is 0.500. The number of piperazine rings is 1. The molecule has 31 heavy (non-hydrogen) atoms. The predicted octanol–water partition coefficient (Wildman–Crippen LogP) is 0.293. The molecule has 0 aliphatic carbocycles. The Kier molecular flexibility index (Phi) is 6.92. The maximum absolute atomic E-state index is 12.7. The van der Waals surface area contributed by atoms with E-state index in [0.717, 1.165) is 39.1 Å². The number of likely N-dealkylation sites (tertiary alicyclic amines) is 1. The van der Waals surface area contributed by atoms with Gasteiger partial charge in [0, 0.05) is 31.2 Å². The molecule has 0 spiro atoms. The normalized spacial score (nSPS) is 22.5. The summed E-state index contributed by atoms with van der Waals surface area (Å²) in [7, 11) is 0. The van der Waals surface area contributed by atoms with E-state index >= 15 is 0 Å². The van der Waals surface area contributed by atoms with Gasteiger partial charge in [0.1, 0.15) is 0 Å². The van der Waals surface area contributed by atoms with E-state index in [-0.39, 0.29) is 24.2 Å². The topological polar surface area (TPSA) is 81.3 Å². The summed E-state index contributed by atoms with van der Waals surface area (Å²) in [4.78, 5) is 29.8. The number of piperidine rings is 1. The first-order chi connectivity index (χ1) is 15.1. The molecular formula is C24H31N3O4. The van der Waals surface area contributed by atoms with Gasteiger partial charge in [-0.05, 0) is 48.9 Å². The summed E-state index contributed by atoms with van der Waals surface area (Å²) in [5.41, 5.74) is 1.27. The number of nitrogens with one attached hydrogen (secondary N) is 1. The fourth-order valence-corrected chi connectivity index (χ4v) is 4.99. The Labute approximate surface area is 183 Å². The molecule has 2 aliphatic rings. The number of amides is 1. The van der Waals surface area contributed by atoms with Crippen LogP contribution in [0.15, 0.2) is 53.1 Å². The van der Waals surface area contributed by atoms with Gasteiger partial charge >= 0.3 is 0 Å². The zero-order valence-corrected chi connectivity index (χ0v) is 17.9. The van der Waals surface area contributed by atoms with Gasteiger partial charge in [-0.25, -0.2) is 0 Å². The van der Waals surface area contributed by atoms with E-state index in [4.69, 9.17) is 4.42 Å². The van der Waals surface area contributed by atoms with Crippen LogP contribution in [0.2, 0.25) is 0 Å². The number of rotatable bonds is 7. The van der Waals surface area contributed by atoms with Gasteiger partial charge < -0.3 is 29.0 Å². The number of carbonyl (C=O) groups is 2. The van der Waals surface area contributed by atoms with Crippen molar-refractivity contribution >= 4 is 17.6 Å². The van der Waals surface area contributed by atoms with Crippen molar-refractivity contribution in [2.24, 2.45) is 11.8 Å². The Balaban J connectivity index is 1.32. The van der Waals surface area contributed by atoms with Gasteiger partial charge in [-0.3, -0.25) is 4.79 Å². The standard InChI is InChI=1S/C24H31N3O4/c28-23(29)17-19-9-11-27(24(30)22-7-4-16-31-22)18-20(19)8-10-25-12-14-26(15-13-25)21-5-2-1-3-6-21/h1-7,16,19-20H,8-15,17-18H2,(H,28,29)/t19-,20-/m0/s1. The molecule has 7 nitrogen and oxygen atoms in total. The SMILES string of the molecule is O=C([O-])C[C@@H]1CCN(C(=O)c2ccco2)C[C@@H]1CC[NH+]1CCN(c2ccccc2)CC1. The molecule has 3 heterocycles. The number of carboxylic acid groups (broad SMARTS) is 1. The second-order valence-corrected chi connectivity index (χ2v) is 8.72. The molecule has 2 aliphatic heterocycles. The highest BCUT2D eigenvalue weighted by molar-refractivity contribution is 5.91. The Morgan fingerprint density at radius 2 is 1.81 bits per heavy atom. The molecule has 1 aromatic heterocycles. The number of hydrogen-bond donors (Lipinski definition) is 1. The van der Waals surface area contributed by atoms with Gasteiger partial charge in [-0.1, -0.05) is 18.2 Å². The van der Waals surface area contributed by atoms with Crippen molar-refractivity contribution in [3.8, 4) is 0 Å². The van der Waals surface area contributed by atoms with Crippen LogP contribution in [0.4, 0.5) is 5.69 Å². The molecule has 4 rings (SSSR count). The minimum Gasteiger partial charge on any atom is -0.550 e. The number of benzene rings is 1. The van der Waals surface area contributed by atoms with Crippen LogP contribution in [-0.2, 0) is 4.79 Å². The zero-order valence-electron chi connectivity index (χ0n) is 17.9. The molecule has 2 atom stereocenters. The molecule has 1 N–H and O–H groups in total. The molecule has 166 valence electrons. The first-order valence-corrected chi connectivity index (χ1v) is 11.3. The minimum absolute atomic E-state index is 0.0654. The van der Waals surface area contributed by atoms with E-state index in [0.29, 0.717) is 25.3 Å². The summed E-state index contributed by atoms with van der Waals surface area (Å²) < 4.78 is 5.27. The largest absolute Gasteiger partial charge is 0.550 e. The Bertz CT molecular complexity index is 847. The number of carbonyl (C=O) groups excluding carboxylic acids is 2. The first kappa shape index (κ1) is 21.4. The second-order valence-electron chi connectivity index (χ2n) is 8.72. The number of para-hydroxylation sites is 1. The monoisotopic (exact) mass is 425 g/mol. The number of quaternary nitrogens is 1. The molecule has 7 heteroatoms. The van der Waals surface area contributed by atoms with Crippen molar-refractivity contribution in [3.63, 3.8) is 0 Å². The molecular weight excluding hydrogens is 394 g/mol. The third-order valence-electron chi connectivity index (χ3n) is 6.80. The lowest BCUT2D eigenvalue weighted by Gasteiger charge is -2.40. The lowest BCUT2D eigenvalue weighted by molar-refractivity contribution is -0.901. The van der Waals surface area contributed by atoms with Gasteiger partial charge in [0.15, 0.2) is 5.76 Å². The van der Waals surface area contributed by atoms with Crippen LogP contribution in [0.1, 0.15) is 29.8 Å². The maximum Gasteiger partial charge on any atom is 0.289 e. The zero-order chi connectivity index (χ0) is 21.6. The summed E-state index contributed by atoms with van der Waals surface area (Å²) in [6, 6.07) is 13.9. The molecule has 0 saturated carbocycles. The van der Waals surface area contributed by atoms with Crippen molar-refractivity contribution in [2.45, 2.75) is 19.3 Å². The van der Waals surface area contributed by atoms with Gasteiger partial charge in [0.25, 0.3) is 5.91 Å². The third-order valence-corrected chi connectivity index (χ3v) is 6.80. The lowest BCUT2D eigenvalue weighted by Crippen LogP contribution is -3.15. The second kappa shape index (κ2) is 10.0. The smallest absolute Gasteiger partial charge is 0.289 e. The average Bonchev–Trinajstić information content (AvgIpc) is 3.33. The van der Waals surface area contributed by atoms with Crippen LogP contribution in [0.25, 0.3) is 0 Å². The predicted molar refractivity (Wildman–Crippen MR) is 115 cm³/mol. The van der Waals surface area contributed by atoms with E-state index in [9.17, 15) is 14.7 Å². The van der Waals surface area contributed by atoms with Crippen molar-refractivity contribution in [2.75, 3.05) is 50.7 Å². The van der Waals surface area contributed by atoms with Crippen molar-refractivity contribution < 1.29 is 24.0 Å². The van der Waals surface area contributed by atoms with Gasteiger partial charge in [0.2, 0.25) is 0 Å². The number of aliphatic carboxylic acids is 1. The van der Waals surface area contributed by atoms with E-state index in [2.05, 4.69) is 29.2 Å². The van der Waals surface area contributed by atoms with E-state index in [1.807, 2.05) is 11.0 Å². The van der Waals surface area contributed by atoms with Crippen molar-refractivity contribution in [1.82, 2.24) is 4.90 Å². The van der Waals surface area contributed by atoms with Crippen LogP contribution < -0.4 is 14.9 Å². The molecule has 0 radical (unpaired) electrons. The Morgan fingerprint density at radius 3 is 2.48 bits per heavy atom.